The van der Waals surface area contributed by atoms with Crippen molar-refractivity contribution in [3.63, 3.8) is 0 Å². The molecule has 32 heavy (non-hydrogen) atoms. The number of benzene rings is 3. The summed E-state index contributed by atoms with van der Waals surface area (Å²) in [6.45, 7) is 1.91. The molecular weight excluding hydrogens is 428 g/mol. The highest BCUT2D eigenvalue weighted by Crippen LogP contribution is 2.23. The third-order valence-electron chi connectivity index (χ3n) is 4.97. The third kappa shape index (κ3) is 5.33. The molecule has 0 aliphatic rings. The van der Waals surface area contributed by atoms with Crippen molar-refractivity contribution in [3.8, 4) is 0 Å². The quantitative estimate of drug-likeness (QED) is 0.547. The van der Waals surface area contributed by atoms with Crippen molar-refractivity contribution in [1.82, 2.24) is 0 Å². The van der Waals surface area contributed by atoms with Gasteiger partial charge in [-0.3, -0.25) is 9.10 Å². The molecule has 0 aliphatic carbocycles. The van der Waals surface area contributed by atoms with Crippen LogP contribution in [0.1, 0.15) is 31.8 Å². The van der Waals surface area contributed by atoms with Crippen molar-refractivity contribution >= 4 is 33.3 Å². The molecule has 0 heterocycles. The second kappa shape index (κ2) is 9.65. The molecule has 1 N–H and O–H groups in total. The Morgan fingerprint density at radius 1 is 0.938 bits per heavy atom. The van der Waals surface area contributed by atoms with E-state index < -0.39 is 16.0 Å². The largest absolute Gasteiger partial charge is 0.465 e. The molecule has 1 amide bonds. The Bertz CT molecular complexity index is 1220. The third-order valence-corrected chi connectivity index (χ3v) is 6.11. The molecule has 8 heteroatoms. The van der Waals surface area contributed by atoms with Gasteiger partial charge in [0.1, 0.15) is 0 Å². The Kier molecular flexibility index (Phi) is 6.95. The van der Waals surface area contributed by atoms with Gasteiger partial charge in [0.25, 0.3) is 5.91 Å². The molecule has 0 bridgehead atoms. The zero-order chi connectivity index (χ0) is 23.3. The van der Waals surface area contributed by atoms with E-state index in [1.54, 1.807) is 49.4 Å². The van der Waals surface area contributed by atoms with Crippen LogP contribution in [0.5, 0.6) is 0 Å². The van der Waals surface area contributed by atoms with Gasteiger partial charge in [0.05, 0.1) is 31.2 Å². The number of carbonyl (C=O) groups excluding carboxylic acids is 2. The first kappa shape index (κ1) is 23.0. The minimum atomic E-state index is -3.53. The summed E-state index contributed by atoms with van der Waals surface area (Å²) >= 11 is 0. The summed E-state index contributed by atoms with van der Waals surface area (Å²) in [5.41, 5.74) is 3.10. The topological polar surface area (TPSA) is 92.8 Å². The highest BCUT2D eigenvalue weighted by Gasteiger charge is 2.19. The van der Waals surface area contributed by atoms with Crippen LogP contribution in [0.4, 0.5) is 11.4 Å². The summed E-state index contributed by atoms with van der Waals surface area (Å²) in [5.74, 6) is -0.863. The fourth-order valence-corrected chi connectivity index (χ4v) is 4.11. The lowest BCUT2D eigenvalue weighted by Crippen LogP contribution is -2.29. The number of amides is 1. The van der Waals surface area contributed by atoms with Crippen LogP contribution in [-0.4, -0.2) is 33.7 Å². The molecule has 0 radical (unpaired) electrons. The summed E-state index contributed by atoms with van der Waals surface area (Å²) in [6, 6.07) is 20.6. The first-order valence-corrected chi connectivity index (χ1v) is 11.7. The molecule has 3 aromatic carbocycles. The number of rotatable bonds is 7. The lowest BCUT2D eigenvalue weighted by Gasteiger charge is -2.22. The fourth-order valence-electron chi connectivity index (χ4n) is 3.22. The van der Waals surface area contributed by atoms with Crippen molar-refractivity contribution in [3.05, 3.63) is 95.1 Å². The van der Waals surface area contributed by atoms with Crippen molar-refractivity contribution in [1.29, 1.82) is 0 Å². The minimum Gasteiger partial charge on any atom is -0.465 e. The SMILES string of the molecule is COC(=O)c1cccc(NC(=O)c2ccc(N(Cc3ccccc3)S(C)(=O)=O)cc2)c1C. The van der Waals surface area contributed by atoms with E-state index in [4.69, 9.17) is 4.74 Å². The van der Waals surface area contributed by atoms with Gasteiger partial charge in [-0.2, -0.15) is 0 Å². The van der Waals surface area contributed by atoms with E-state index >= 15 is 0 Å². The standard InChI is InChI=1S/C24H24N2O5S/c1-17-21(24(28)31-2)10-7-11-22(17)25-23(27)19-12-14-20(15-13-19)26(32(3,29)30)16-18-8-5-4-6-9-18/h4-15H,16H2,1-3H3,(H,25,27). The smallest absolute Gasteiger partial charge is 0.338 e. The molecule has 0 atom stereocenters. The average molecular weight is 453 g/mol. The molecule has 0 saturated heterocycles. The summed E-state index contributed by atoms with van der Waals surface area (Å²) in [5, 5.41) is 2.79. The van der Waals surface area contributed by atoms with Gasteiger partial charge >= 0.3 is 5.97 Å². The van der Waals surface area contributed by atoms with Gasteiger partial charge < -0.3 is 10.1 Å². The zero-order valence-corrected chi connectivity index (χ0v) is 18.8. The minimum absolute atomic E-state index is 0.185. The monoisotopic (exact) mass is 452 g/mol. The average Bonchev–Trinajstić information content (AvgIpc) is 2.78. The maximum Gasteiger partial charge on any atom is 0.338 e. The molecule has 166 valence electrons. The van der Waals surface area contributed by atoms with Gasteiger partial charge in [0.15, 0.2) is 0 Å². The predicted molar refractivity (Wildman–Crippen MR) is 124 cm³/mol. The number of methoxy groups -OCH3 is 1. The van der Waals surface area contributed by atoms with E-state index in [2.05, 4.69) is 5.32 Å². The van der Waals surface area contributed by atoms with Gasteiger partial charge in [-0.05, 0) is 54.4 Å². The van der Waals surface area contributed by atoms with Crippen molar-refractivity contribution in [2.45, 2.75) is 13.5 Å². The van der Waals surface area contributed by atoms with Crippen LogP contribution < -0.4 is 9.62 Å². The molecule has 7 nitrogen and oxygen atoms in total. The maximum absolute atomic E-state index is 12.7. The normalized spacial score (nSPS) is 11.0. The molecule has 0 spiro atoms. The number of anilines is 2. The van der Waals surface area contributed by atoms with Gasteiger partial charge in [0, 0.05) is 11.3 Å². The van der Waals surface area contributed by atoms with Crippen LogP contribution in [0.15, 0.2) is 72.8 Å². The van der Waals surface area contributed by atoms with E-state index in [1.165, 1.54) is 11.4 Å². The number of esters is 1. The molecule has 0 fully saturated rings. The number of hydrogen-bond donors (Lipinski definition) is 1. The van der Waals surface area contributed by atoms with E-state index in [1.807, 2.05) is 30.3 Å². The summed E-state index contributed by atoms with van der Waals surface area (Å²) in [6.07, 6.45) is 1.15. The van der Waals surface area contributed by atoms with Crippen LogP contribution in [0.2, 0.25) is 0 Å². The van der Waals surface area contributed by atoms with E-state index in [0.29, 0.717) is 28.1 Å². The Morgan fingerprint density at radius 2 is 1.59 bits per heavy atom. The first-order chi connectivity index (χ1) is 15.2. The van der Waals surface area contributed by atoms with Crippen LogP contribution in [-0.2, 0) is 21.3 Å². The highest BCUT2D eigenvalue weighted by atomic mass is 32.2. The first-order valence-electron chi connectivity index (χ1n) is 9.81. The lowest BCUT2D eigenvalue weighted by molar-refractivity contribution is 0.0599. The van der Waals surface area contributed by atoms with E-state index in [-0.39, 0.29) is 12.5 Å². The summed E-state index contributed by atoms with van der Waals surface area (Å²) in [7, 11) is -2.23. The summed E-state index contributed by atoms with van der Waals surface area (Å²) in [4.78, 5) is 24.6. The molecule has 0 unspecified atom stereocenters. The van der Waals surface area contributed by atoms with Crippen molar-refractivity contribution < 1.29 is 22.7 Å². The summed E-state index contributed by atoms with van der Waals surface area (Å²) < 4.78 is 30.8. The number of nitrogens with zero attached hydrogens (tertiary/aromatic N) is 1. The Labute approximate surface area is 187 Å². The van der Waals surface area contributed by atoms with Crippen LogP contribution >= 0.6 is 0 Å². The van der Waals surface area contributed by atoms with Gasteiger partial charge in [-0.25, -0.2) is 13.2 Å². The van der Waals surface area contributed by atoms with Gasteiger partial charge in [0.2, 0.25) is 10.0 Å². The number of carbonyl (C=O) groups is 2. The van der Waals surface area contributed by atoms with E-state index in [9.17, 15) is 18.0 Å². The van der Waals surface area contributed by atoms with Crippen molar-refractivity contribution in [2.75, 3.05) is 23.0 Å². The molecular formula is C24H24N2O5S. The number of sulfonamides is 1. The van der Waals surface area contributed by atoms with Crippen LogP contribution in [0.25, 0.3) is 0 Å². The maximum atomic E-state index is 12.7. The predicted octanol–water partition coefficient (Wildman–Crippen LogP) is 4.00. The van der Waals surface area contributed by atoms with Gasteiger partial charge in [-0.1, -0.05) is 36.4 Å². The molecule has 0 aliphatic heterocycles. The zero-order valence-electron chi connectivity index (χ0n) is 18.0. The Hall–Kier alpha value is -3.65. The number of ether oxygens (including phenoxy) is 1. The number of hydrogen-bond acceptors (Lipinski definition) is 5. The fraction of sp³-hybridized carbons (Fsp3) is 0.167. The second-order valence-corrected chi connectivity index (χ2v) is 9.13. The Morgan fingerprint density at radius 3 is 2.19 bits per heavy atom. The molecule has 3 aromatic rings. The van der Waals surface area contributed by atoms with Crippen molar-refractivity contribution in [2.24, 2.45) is 0 Å². The molecule has 3 rings (SSSR count). The van der Waals surface area contributed by atoms with Gasteiger partial charge in [-0.15, -0.1) is 0 Å². The highest BCUT2D eigenvalue weighted by molar-refractivity contribution is 7.92. The number of nitrogens with one attached hydrogen (secondary N) is 1. The molecule has 0 aromatic heterocycles. The lowest BCUT2D eigenvalue weighted by atomic mass is 10.1. The second-order valence-electron chi connectivity index (χ2n) is 7.23. The Balaban J connectivity index is 1.81. The van der Waals surface area contributed by atoms with Crippen LogP contribution in [0, 0.1) is 6.92 Å². The van der Waals surface area contributed by atoms with Crippen LogP contribution in [0.3, 0.4) is 0 Å². The molecule has 0 saturated carbocycles. The van der Waals surface area contributed by atoms with E-state index in [0.717, 1.165) is 11.8 Å².